The fourth-order valence-corrected chi connectivity index (χ4v) is 4.79. The van der Waals surface area contributed by atoms with Crippen molar-refractivity contribution in [2.45, 2.75) is 186 Å². The molecule has 0 heterocycles. The molecule has 33 heavy (non-hydrogen) atoms. The third kappa shape index (κ3) is 29.4. The molecule has 0 saturated heterocycles. The SMILES string of the molecule is CCCCCCCCCCCCCCCCCCCCCCCC(O)CCCCCC(=O)O. The largest absolute Gasteiger partial charge is 0.481 e. The summed E-state index contributed by atoms with van der Waals surface area (Å²) in [4.78, 5) is 10.5. The van der Waals surface area contributed by atoms with Gasteiger partial charge in [-0.05, 0) is 19.3 Å². The number of aliphatic hydroxyl groups is 1. The zero-order chi connectivity index (χ0) is 24.2. The highest BCUT2D eigenvalue weighted by Gasteiger charge is 2.04. The third-order valence-electron chi connectivity index (χ3n) is 7.07. The van der Waals surface area contributed by atoms with E-state index in [1.165, 1.54) is 128 Å². The Morgan fingerprint density at radius 3 is 1.06 bits per heavy atom. The van der Waals surface area contributed by atoms with Crippen LogP contribution in [0.3, 0.4) is 0 Å². The summed E-state index contributed by atoms with van der Waals surface area (Å²) in [5, 5.41) is 18.6. The molecule has 3 nitrogen and oxygen atoms in total. The lowest BCUT2D eigenvalue weighted by Crippen LogP contribution is -2.06. The van der Waals surface area contributed by atoms with E-state index in [2.05, 4.69) is 6.92 Å². The van der Waals surface area contributed by atoms with Gasteiger partial charge in [-0.3, -0.25) is 4.79 Å². The first-order valence-electron chi connectivity index (χ1n) is 15.1. The van der Waals surface area contributed by atoms with Gasteiger partial charge in [0.05, 0.1) is 6.10 Å². The Morgan fingerprint density at radius 2 is 0.758 bits per heavy atom. The van der Waals surface area contributed by atoms with E-state index in [0.29, 0.717) is 0 Å². The van der Waals surface area contributed by atoms with Gasteiger partial charge in [0.1, 0.15) is 0 Å². The lowest BCUT2D eigenvalue weighted by Gasteiger charge is -2.10. The van der Waals surface area contributed by atoms with Crippen LogP contribution >= 0.6 is 0 Å². The van der Waals surface area contributed by atoms with Gasteiger partial charge in [-0.2, -0.15) is 0 Å². The number of carbonyl (C=O) groups is 1. The summed E-state index contributed by atoms with van der Waals surface area (Å²) >= 11 is 0. The van der Waals surface area contributed by atoms with E-state index in [4.69, 9.17) is 5.11 Å². The molecule has 1 unspecified atom stereocenters. The molecule has 1 atom stereocenters. The zero-order valence-corrected chi connectivity index (χ0v) is 22.5. The number of hydrogen-bond donors (Lipinski definition) is 2. The van der Waals surface area contributed by atoms with Crippen LogP contribution in [-0.2, 0) is 4.79 Å². The van der Waals surface area contributed by atoms with Gasteiger partial charge in [-0.1, -0.05) is 155 Å². The topological polar surface area (TPSA) is 57.5 Å². The van der Waals surface area contributed by atoms with Crippen molar-refractivity contribution in [1.29, 1.82) is 0 Å². The van der Waals surface area contributed by atoms with Crippen LogP contribution in [-0.4, -0.2) is 22.3 Å². The Morgan fingerprint density at radius 1 is 0.485 bits per heavy atom. The maximum Gasteiger partial charge on any atom is 0.303 e. The molecule has 0 aromatic heterocycles. The van der Waals surface area contributed by atoms with Crippen molar-refractivity contribution < 1.29 is 15.0 Å². The molecule has 198 valence electrons. The fraction of sp³-hybridized carbons (Fsp3) is 0.967. The maximum absolute atomic E-state index is 10.5. The lowest BCUT2D eigenvalue weighted by molar-refractivity contribution is -0.137. The molecular weight excluding hydrogens is 408 g/mol. The molecule has 0 amide bonds. The summed E-state index contributed by atoms with van der Waals surface area (Å²) in [6, 6.07) is 0. The summed E-state index contributed by atoms with van der Waals surface area (Å²) in [5.74, 6) is -0.713. The van der Waals surface area contributed by atoms with Crippen LogP contribution in [0.1, 0.15) is 180 Å². The average molecular weight is 469 g/mol. The highest BCUT2D eigenvalue weighted by Crippen LogP contribution is 2.16. The van der Waals surface area contributed by atoms with Crippen LogP contribution in [0.5, 0.6) is 0 Å². The van der Waals surface area contributed by atoms with Gasteiger partial charge in [0.15, 0.2) is 0 Å². The van der Waals surface area contributed by atoms with Crippen molar-refractivity contribution in [2.75, 3.05) is 0 Å². The molecule has 0 aliphatic rings. The summed E-state index contributed by atoms with van der Waals surface area (Å²) in [6.45, 7) is 2.29. The fourth-order valence-electron chi connectivity index (χ4n) is 4.79. The minimum atomic E-state index is -0.713. The van der Waals surface area contributed by atoms with Crippen molar-refractivity contribution in [3.05, 3.63) is 0 Å². The Hall–Kier alpha value is -0.570. The van der Waals surface area contributed by atoms with Gasteiger partial charge in [-0.25, -0.2) is 0 Å². The zero-order valence-electron chi connectivity index (χ0n) is 22.5. The minimum absolute atomic E-state index is 0.185. The normalized spacial score (nSPS) is 12.3. The summed E-state index contributed by atoms with van der Waals surface area (Å²) < 4.78 is 0. The maximum atomic E-state index is 10.5. The smallest absolute Gasteiger partial charge is 0.303 e. The summed E-state index contributed by atoms with van der Waals surface area (Å²) in [7, 11) is 0. The molecule has 2 N–H and O–H groups in total. The van der Waals surface area contributed by atoms with Crippen molar-refractivity contribution >= 4 is 5.97 Å². The highest BCUT2D eigenvalue weighted by molar-refractivity contribution is 5.66. The van der Waals surface area contributed by atoms with Crippen LogP contribution in [0.25, 0.3) is 0 Å². The van der Waals surface area contributed by atoms with E-state index >= 15 is 0 Å². The number of aliphatic carboxylic acids is 1. The van der Waals surface area contributed by atoms with E-state index in [1.807, 2.05) is 0 Å². The third-order valence-corrected chi connectivity index (χ3v) is 7.07. The first-order chi connectivity index (χ1) is 16.2. The van der Waals surface area contributed by atoms with Gasteiger partial charge in [0.2, 0.25) is 0 Å². The van der Waals surface area contributed by atoms with E-state index < -0.39 is 5.97 Å². The number of carboxylic acids is 1. The van der Waals surface area contributed by atoms with Crippen molar-refractivity contribution in [3.63, 3.8) is 0 Å². The molecule has 0 spiro atoms. The molecule has 0 fully saturated rings. The molecule has 0 aromatic rings. The van der Waals surface area contributed by atoms with Crippen LogP contribution < -0.4 is 0 Å². The van der Waals surface area contributed by atoms with E-state index in [1.54, 1.807) is 0 Å². The number of carboxylic acid groups (broad SMARTS) is 1. The van der Waals surface area contributed by atoms with Crippen LogP contribution in [0, 0.1) is 0 Å². The van der Waals surface area contributed by atoms with Gasteiger partial charge in [-0.15, -0.1) is 0 Å². The van der Waals surface area contributed by atoms with Crippen molar-refractivity contribution in [3.8, 4) is 0 Å². The number of hydrogen-bond acceptors (Lipinski definition) is 2. The Labute approximate surface area is 207 Å². The second-order valence-electron chi connectivity index (χ2n) is 10.5. The van der Waals surface area contributed by atoms with Gasteiger partial charge < -0.3 is 10.2 Å². The van der Waals surface area contributed by atoms with E-state index in [0.717, 1.165) is 38.5 Å². The standard InChI is InChI=1S/C30H60O3/c1-2-3-4-5-6-7-8-9-10-11-12-13-14-15-16-17-18-19-20-21-23-26-29(31)27-24-22-25-28-30(32)33/h29,31H,2-28H2,1H3,(H,32,33). The van der Waals surface area contributed by atoms with Crippen molar-refractivity contribution in [1.82, 2.24) is 0 Å². The Kier molecular flexibility index (Phi) is 27.2. The monoisotopic (exact) mass is 468 g/mol. The Balaban J connectivity index is 3.10. The minimum Gasteiger partial charge on any atom is -0.481 e. The highest BCUT2D eigenvalue weighted by atomic mass is 16.4. The van der Waals surface area contributed by atoms with Crippen LogP contribution in [0.15, 0.2) is 0 Å². The van der Waals surface area contributed by atoms with Crippen LogP contribution in [0.4, 0.5) is 0 Å². The van der Waals surface area contributed by atoms with E-state index in [9.17, 15) is 9.90 Å². The predicted octanol–water partition coefficient (Wildman–Crippen LogP) is 9.98. The second-order valence-corrected chi connectivity index (χ2v) is 10.5. The molecule has 0 bridgehead atoms. The predicted molar refractivity (Wildman–Crippen MR) is 144 cm³/mol. The van der Waals surface area contributed by atoms with Crippen LogP contribution in [0.2, 0.25) is 0 Å². The van der Waals surface area contributed by atoms with Gasteiger partial charge in [0.25, 0.3) is 0 Å². The molecular formula is C30H60O3. The first kappa shape index (κ1) is 32.4. The summed E-state index contributed by atoms with van der Waals surface area (Å²) in [6.07, 6.45) is 33.9. The summed E-state index contributed by atoms with van der Waals surface area (Å²) in [5.41, 5.74) is 0. The quantitative estimate of drug-likeness (QED) is 0.112. The molecule has 0 aliphatic heterocycles. The Bertz CT molecular complexity index is 383. The molecule has 0 aromatic carbocycles. The molecule has 0 aliphatic carbocycles. The number of unbranched alkanes of at least 4 members (excludes halogenated alkanes) is 22. The number of aliphatic hydroxyl groups excluding tert-OH is 1. The lowest BCUT2D eigenvalue weighted by atomic mass is 10.0. The average Bonchev–Trinajstić information content (AvgIpc) is 2.79. The second kappa shape index (κ2) is 27.7. The van der Waals surface area contributed by atoms with Gasteiger partial charge >= 0.3 is 5.97 Å². The molecule has 0 saturated carbocycles. The first-order valence-corrected chi connectivity index (χ1v) is 15.1. The molecule has 0 radical (unpaired) electrons. The number of rotatable bonds is 28. The van der Waals surface area contributed by atoms with E-state index in [-0.39, 0.29) is 12.5 Å². The molecule has 0 rings (SSSR count). The van der Waals surface area contributed by atoms with Crippen molar-refractivity contribution in [2.24, 2.45) is 0 Å². The molecule has 3 heteroatoms. The van der Waals surface area contributed by atoms with Gasteiger partial charge in [0, 0.05) is 6.42 Å².